The summed E-state index contributed by atoms with van der Waals surface area (Å²) >= 11 is 0. The molecule has 17 heavy (non-hydrogen) atoms. The zero-order chi connectivity index (χ0) is 12.9. The Bertz CT molecular complexity index is 312. The third kappa shape index (κ3) is 2.66. The number of carbonyl (C=O) groups excluding carboxylic acids is 2. The molecule has 1 aliphatic carbocycles. The lowest BCUT2D eigenvalue weighted by Crippen LogP contribution is -2.31. The van der Waals surface area contributed by atoms with E-state index in [1.54, 1.807) is 6.08 Å². The van der Waals surface area contributed by atoms with Gasteiger partial charge in [0.05, 0.1) is 13.7 Å². The van der Waals surface area contributed by atoms with Crippen LogP contribution in [0.25, 0.3) is 0 Å². The molecule has 0 aliphatic heterocycles. The van der Waals surface area contributed by atoms with Crippen LogP contribution in [-0.2, 0) is 19.1 Å². The number of methoxy groups -OCH3 is 1. The molecule has 0 saturated heterocycles. The summed E-state index contributed by atoms with van der Waals surface area (Å²) in [7, 11) is 1.25. The molecule has 0 heterocycles. The van der Waals surface area contributed by atoms with Gasteiger partial charge in [-0.1, -0.05) is 6.08 Å². The number of aliphatic hydroxyl groups is 1. The molecule has 0 bridgehead atoms. The lowest BCUT2D eigenvalue weighted by Gasteiger charge is -2.13. The highest BCUT2D eigenvalue weighted by molar-refractivity contribution is 6.04. The topological polar surface area (TPSA) is 72.8 Å². The fraction of sp³-hybridized carbons (Fsp3) is 0.667. The van der Waals surface area contributed by atoms with Crippen molar-refractivity contribution in [2.24, 2.45) is 11.3 Å². The summed E-state index contributed by atoms with van der Waals surface area (Å²) in [5, 5.41) is 8.58. The lowest BCUT2D eigenvalue weighted by atomic mass is 10.0. The van der Waals surface area contributed by atoms with Gasteiger partial charge in [-0.2, -0.15) is 0 Å². The molecule has 5 nitrogen and oxygen atoms in total. The molecule has 0 spiro atoms. The van der Waals surface area contributed by atoms with Gasteiger partial charge in [0.1, 0.15) is 0 Å². The van der Waals surface area contributed by atoms with Crippen molar-refractivity contribution in [2.45, 2.75) is 19.3 Å². The Balaban J connectivity index is 2.52. The number of ether oxygens (including phenoxy) is 2. The minimum Gasteiger partial charge on any atom is -0.468 e. The number of aliphatic hydroxyl groups excluding tert-OH is 1. The minimum atomic E-state index is -1.17. The van der Waals surface area contributed by atoms with E-state index >= 15 is 0 Å². The van der Waals surface area contributed by atoms with E-state index in [0.717, 1.165) is 0 Å². The summed E-state index contributed by atoms with van der Waals surface area (Å²) in [5.41, 5.74) is -1.17. The van der Waals surface area contributed by atoms with Crippen LogP contribution in [0.4, 0.5) is 0 Å². The van der Waals surface area contributed by atoms with Crippen molar-refractivity contribution in [1.29, 1.82) is 0 Å². The number of rotatable bonds is 7. The molecule has 2 unspecified atom stereocenters. The van der Waals surface area contributed by atoms with E-state index in [-0.39, 0.29) is 19.1 Å². The van der Waals surface area contributed by atoms with Crippen LogP contribution in [-0.4, -0.2) is 37.4 Å². The Morgan fingerprint density at radius 3 is 2.65 bits per heavy atom. The molecule has 0 aromatic carbocycles. The third-order valence-electron chi connectivity index (χ3n) is 3.00. The molecule has 1 fully saturated rings. The zero-order valence-electron chi connectivity index (χ0n) is 9.98. The van der Waals surface area contributed by atoms with Gasteiger partial charge in [-0.3, -0.25) is 9.59 Å². The molecule has 0 radical (unpaired) electrons. The van der Waals surface area contributed by atoms with Crippen molar-refractivity contribution in [1.82, 2.24) is 0 Å². The van der Waals surface area contributed by atoms with Crippen molar-refractivity contribution in [2.75, 3.05) is 20.3 Å². The van der Waals surface area contributed by atoms with Crippen molar-refractivity contribution < 1.29 is 24.2 Å². The van der Waals surface area contributed by atoms with E-state index in [1.165, 1.54) is 7.11 Å². The first-order chi connectivity index (χ1) is 8.13. The van der Waals surface area contributed by atoms with Crippen molar-refractivity contribution in [3.05, 3.63) is 12.7 Å². The quantitative estimate of drug-likeness (QED) is 0.307. The Morgan fingerprint density at radius 2 is 2.18 bits per heavy atom. The average molecular weight is 242 g/mol. The maximum atomic E-state index is 11.8. The molecule has 96 valence electrons. The average Bonchev–Trinajstić information content (AvgIpc) is 3.09. The number of unbranched alkanes of at least 4 members (excludes halogenated alkanes) is 1. The van der Waals surface area contributed by atoms with Crippen molar-refractivity contribution in [3.8, 4) is 0 Å². The summed E-state index contributed by atoms with van der Waals surface area (Å²) in [6, 6.07) is 0. The molecule has 0 aromatic heterocycles. The van der Waals surface area contributed by atoms with Crippen LogP contribution in [0.3, 0.4) is 0 Å². The van der Waals surface area contributed by atoms with Gasteiger partial charge in [0.2, 0.25) is 0 Å². The summed E-state index contributed by atoms with van der Waals surface area (Å²) in [5.74, 6) is -1.30. The fourth-order valence-corrected chi connectivity index (χ4v) is 1.81. The molecule has 1 saturated carbocycles. The van der Waals surface area contributed by atoms with Gasteiger partial charge in [-0.25, -0.2) is 0 Å². The summed E-state index contributed by atoms with van der Waals surface area (Å²) in [6.07, 6.45) is 3.13. The van der Waals surface area contributed by atoms with E-state index in [0.29, 0.717) is 19.3 Å². The molecule has 0 aromatic rings. The first kappa shape index (κ1) is 13.7. The van der Waals surface area contributed by atoms with Crippen LogP contribution in [0, 0.1) is 11.3 Å². The van der Waals surface area contributed by atoms with E-state index in [2.05, 4.69) is 11.3 Å². The molecular formula is C12H18O5. The maximum absolute atomic E-state index is 11.8. The van der Waals surface area contributed by atoms with E-state index in [4.69, 9.17) is 9.84 Å². The minimum absolute atomic E-state index is 0.0645. The van der Waals surface area contributed by atoms with Crippen molar-refractivity contribution >= 4 is 11.9 Å². The van der Waals surface area contributed by atoms with Gasteiger partial charge >= 0.3 is 11.9 Å². The van der Waals surface area contributed by atoms with Crippen LogP contribution < -0.4 is 0 Å². The highest BCUT2D eigenvalue weighted by Gasteiger charge is 2.66. The Kier molecular flexibility index (Phi) is 4.69. The first-order valence-corrected chi connectivity index (χ1v) is 5.62. The van der Waals surface area contributed by atoms with E-state index < -0.39 is 17.4 Å². The highest BCUT2D eigenvalue weighted by Crippen LogP contribution is 2.55. The molecule has 0 amide bonds. The maximum Gasteiger partial charge on any atom is 0.324 e. The Morgan fingerprint density at radius 1 is 1.47 bits per heavy atom. The smallest absolute Gasteiger partial charge is 0.324 e. The van der Waals surface area contributed by atoms with Crippen LogP contribution >= 0.6 is 0 Å². The van der Waals surface area contributed by atoms with Gasteiger partial charge in [-0.05, 0) is 19.3 Å². The predicted molar refractivity (Wildman–Crippen MR) is 60.0 cm³/mol. The largest absolute Gasteiger partial charge is 0.468 e. The summed E-state index contributed by atoms with van der Waals surface area (Å²) in [6.45, 7) is 3.85. The molecule has 5 heteroatoms. The van der Waals surface area contributed by atoms with Crippen LogP contribution in [0.5, 0.6) is 0 Å². The molecular weight excluding hydrogens is 224 g/mol. The van der Waals surface area contributed by atoms with Gasteiger partial charge in [0.25, 0.3) is 0 Å². The second-order valence-electron chi connectivity index (χ2n) is 4.08. The standard InChI is InChI=1S/C12H18O5/c1-3-9-8-12(9,10(14)16-2)11(15)17-7-5-4-6-13/h3,9,13H,1,4-8H2,2H3. The number of esters is 2. The second-order valence-corrected chi connectivity index (χ2v) is 4.08. The van der Waals surface area contributed by atoms with Gasteiger partial charge in [0.15, 0.2) is 5.41 Å². The van der Waals surface area contributed by atoms with Gasteiger partial charge in [-0.15, -0.1) is 6.58 Å². The molecule has 1 rings (SSSR count). The number of hydrogen-bond donors (Lipinski definition) is 1. The summed E-state index contributed by atoms with van der Waals surface area (Å²) in [4.78, 5) is 23.4. The van der Waals surface area contributed by atoms with Crippen LogP contribution in [0.15, 0.2) is 12.7 Å². The molecule has 2 atom stereocenters. The Labute approximate surface area is 100 Å². The SMILES string of the molecule is C=CC1CC1(C(=O)OC)C(=O)OCCCCO. The lowest BCUT2D eigenvalue weighted by molar-refractivity contribution is -0.163. The molecule has 1 aliphatic rings. The van der Waals surface area contributed by atoms with Gasteiger partial charge < -0.3 is 14.6 Å². The Hall–Kier alpha value is -1.36. The second kappa shape index (κ2) is 5.82. The van der Waals surface area contributed by atoms with Crippen LogP contribution in [0.1, 0.15) is 19.3 Å². The predicted octanol–water partition coefficient (Wildman–Crippen LogP) is 0.667. The number of hydrogen-bond acceptors (Lipinski definition) is 5. The first-order valence-electron chi connectivity index (χ1n) is 5.62. The summed E-state index contributed by atoms with van der Waals surface area (Å²) < 4.78 is 9.66. The van der Waals surface area contributed by atoms with Crippen molar-refractivity contribution in [3.63, 3.8) is 0 Å². The fourth-order valence-electron chi connectivity index (χ4n) is 1.81. The monoisotopic (exact) mass is 242 g/mol. The normalized spacial score (nSPS) is 26.1. The molecule has 1 N–H and O–H groups in total. The third-order valence-corrected chi connectivity index (χ3v) is 3.00. The zero-order valence-corrected chi connectivity index (χ0v) is 9.98. The van der Waals surface area contributed by atoms with Gasteiger partial charge in [0, 0.05) is 12.5 Å². The number of allylic oxidation sites excluding steroid dienone is 1. The van der Waals surface area contributed by atoms with E-state index in [9.17, 15) is 9.59 Å². The van der Waals surface area contributed by atoms with E-state index in [1.807, 2.05) is 0 Å². The highest BCUT2D eigenvalue weighted by atomic mass is 16.6. The van der Waals surface area contributed by atoms with Crippen LogP contribution in [0.2, 0.25) is 0 Å². The number of carbonyl (C=O) groups is 2.